The monoisotopic (exact) mass is 139 g/mol. The lowest BCUT2D eigenvalue weighted by Crippen LogP contribution is -2.10. The van der Waals surface area contributed by atoms with Gasteiger partial charge in [-0.25, -0.2) is 0 Å². The molecule has 0 aromatic rings. The smallest absolute Gasteiger partial charge is 0.362 e. The molecular weight excluding hydrogens is 133 g/mol. The first kappa shape index (κ1) is 8.49. The fraction of sp³-hybridized carbons (Fsp3) is 0.400. The zero-order valence-electron chi connectivity index (χ0n) is 4.61. The molecule has 0 amide bonds. The van der Waals surface area contributed by atoms with E-state index in [1.165, 1.54) is 6.08 Å². The van der Waals surface area contributed by atoms with Crippen molar-refractivity contribution in [1.82, 2.24) is 0 Å². The minimum absolute atomic E-state index is 0.112. The first-order valence-electron chi connectivity index (χ1n) is 2.20. The van der Waals surface area contributed by atoms with Gasteiger partial charge in [-0.2, -0.15) is 13.2 Å². The zero-order valence-corrected chi connectivity index (χ0v) is 4.61. The summed E-state index contributed by atoms with van der Waals surface area (Å²) in [5, 5.41) is 0. The Labute approximate surface area is 51.1 Å². The van der Waals surface area contributed by atoms with Crippen molar-refractivity contribution in [3.05, 3.63) is 19.3 Å². The van der Waals surface area contributed by atoms with E-state index in [1.54, 1.807) is 0 Å². The van der Waals surface area contributed by atoms with Crippen LogP contribution in [0, 0.1) is 6.61 Å². The SMILES string of the molecule is C=CCO[CH]C(F)(F)F. The third-order valence-corrected chi connectivity index (χ3v) is 0.431. The van der Waals surface area contributed by atoms with E-state index in [0.29, 0.717) is 0 Å². The van der Waals surface area contributed by atoms with Crippen molar-refractivity contribution in [3.8, 4) is 0 Å². The predicted molar refractivity (Wildman–Crippen MR) is 26.5 cm³/mol. The Hall–Kier alpha value is -0.510. The molecule has 0 N–H and O–H groups in total. The van der Waals surface area contributed by atoms with Gasteiger partial charge in [-0.1, -0.05) is 6.08 Å². The van der Waals surface area contributed by atoms with Gasteiger partial charge in [0.15, 0.2) is 6.61 Å². The van der Waals surface area contributed by atoms with Crippen molar-refractivity contribution < 1.29 is 17.9 Å². The molecule has 0 saturated carbocycles. The molecule has 0 aliphatic rings. The number of rotatable bonds is 3. The van der Waals surface area contributed by atoms with E-state index < -0.39 is 6.18 Å². The molecule has 0 aromatic carbocycles. The lowest BCUT2D eigenvalue weighted by Gasteiger charge is -2.02. The molecule has 0 atom stereocenters. The van der Waals surface area contributed by atoms with E-state index in [1.807, 2.05) is 0 Å². The highest BCUT2D eigenvalue weighted by atomic mass is 19.4. The molecule has 0 saturated heterocycles. The van der Waals surface area contributed by atoms with Crippen LogP contribution in [0.2, 0.25) is 0 Å². The van der Waals surface area contributed by atoms with Gasteiger partial charge in [0.1, 0.15) is 0 Å². The molecule has 0 aliphatic carbocycles. The minimum atomic E-state index is -4.34. The molecule has 0 bridgehead atoms. The zero-order chi connectivity index (χ0) is 7.33. The summed E-state index contributed by atoms with van der Waals surface area (Å²) in [6.45, 7) is 2.88. The lowest BCUT2D eigenvalue weighted by molar-refractivity contribution is -0.135. The summed E-state index contributed by atoms with van der Waals surface area (Å²) in [4.78, 5) is 0. The van der Waals surface area contributed by atoms with E-state index >= 15 is 0 Å². The van der Waals surface area contributed by atoms with Crippen LogP contribution in [0.15, 0.2) is 12.7 Å². The van der Waals surface area contributed by atoms with Gasteiger partial charge in [0.2, 0.25) is 0 Å². The van der Waals surface area contributed by atoms with Crippen LogP contribution in [-0.2, 0) is 4.74 Å². The second kappa shape index (κ2) is 3.50. The molecule has 1 nitrogen and oxygen atoms in total. The van der Waals surface area contributed by atoms with Gasteiger partial charge < -0.3 is 4.74 Å². The Morgan fingerprint density at radius 3 is 2.33 bits per heavy atom. The summed E-state index contributed by atoms with van der Waals surface area (Å²) in [5.74, 6) is 0. The molecule has 0 fully saturated rings. The van der Waals surface area contributed by atoms with Gasteiger partial charge in [-0.3, -0.25) is 0 Å². The molecule has 0 unspecified atom stereocenters. The average molecular weight is 139 g/mol. The van der Waals surface area contributed by atoms with Crippen LogP contribution in [0.25, 0.3) is 0 Å². The maximum absolute atomic E-state index is 11.2. The number of ether oxygens (including phenoxy) is 1. The standard InChI is InChI=1S/C5H6F3O/c1-2-3-9-4-5(6,7)8/h2,4H,1,3H2. The van der Waals surface area contributed by atoms with Crippen LogP contribution in [0.3, 0.4) is 0 Å². The van der Waals surface area contributed by atoms with Gasteiger partial charge in [-0.05, 0) is 0 Å². The summed E-state index contributed by atoms with van der Waals surface area (Å²) in [5.41, 5.74) is 0. The average Bonchev–Trinajstić information content (AvgIpc) is 1.63. The summed E-state index contributed by atoms with van der Waals surface area (Å²) < 4.78 is 37.5. The second-order valence-corrected chi connectivity index (χ2v) is 1.28. The molecule has 4 heteroatoms. The maximum Gasteiger partial charge on any atom is 0.417 e. The normalized spacial score (nSPS) is 11.4. The molecule has 53 valence electrons. The summed E-state index contributed by atoms with van der Waals surface area (Å²) in [6, 6.07) is 0. The van der Waals surface area contributed by atoms with Crippen LogP contribution in [0.1, 0.15) is 0 Å². The van der Waals surface area contributed by atoms with Crippen molar-refractivity contribution in [2.45, 2.75) is 6.18 Å². The van der Waals surface area contributed by atoms with E-state index in [4.69, 9.17) is 0 Å². The van der Waals surface area contributed by atoms with Gasteiger partial charge >= 0.3 is 6.18 Å². The Morgan fingerprint density at radius 2 is 2.00 bits per heavy atom. The molecular formula is C5H6F3O. The Kier molecular flexibility index (Phi) is 3.30. The first-order valence-corrected chi connectivity index (χ1v) is 2.20. The number of hydrogen-bond acceptors (Lipinski definition) is 1. The highest BCUT2D eigenvalue weighted by Crippen LogP contribution is 2.18. The van der Waals surface area contributed by atoms with Crippen molar-refractivity contribution in [1.29, 1.82) is 0 Å². The molecule has 0 heterocycles. The van der Waals surface area contributed by atoms with Crippen LogP contribution < -0.4 is 0 Å². The minimum Gasteiger partial charge on any atom is -0.362 e. The predicted octanol–water partition coefficient (Wildman–Crippen LogP) is 1.91. The molecule has 0 aromatic heterocycles. The van der Waals surface area contributed by atoms with Crippen molar-refractivity contribution in [2.24, 2.45) is 0 Å². The summed E-state index contributed by atoms with van der Waals surface area (Å²) in [6.07, 6.45) is -3.11. The highest BCUT2D eigenvalue weighted by molar-refractivity contribution is 4.69. The Bertz CT molecular complexity index is 86.7. The van der Waals surface area contributed by atoms with E-state index in [-0.39, 0.29) is 13.2 Å². The molecule has 0 rings (SSSR count). The number of alkyl halides is 3. The molecule has 0 aliphatic heterocycles. The quantitative estimate of drug-likeness (QED) is 0.428. The number of halogens is 3. The lowest BCUT2D eigenvalue weighted by atomic mass is 10.6. The third-order valence-electron chi connectivity index (χ3n) is 0.431. The van der Waals surface area contributed by atoms with Crippen molar-refractivity contribution in [2.75, 3.05) is 6.61 Å². The molecule has 1 radical (unpaired) electrons. The summed E-state index contributed by atoms with van der Waals surface area (Å²) in [7, 11) is 0. The fourth-order valence-electron chi connectivity index (χ4n) is 0.211. The van der Waals surface area contributed by atoms with E-state index in [0.717, 1.165) is 0 Å². The van der Waals surface area contributed by atoms with Crippen molar-refractivity contribution >= 4 is 0 Å². The van der Waals surface area contributed by atoms with Gasteiger partial charge in [-0.15, -0.1) is 6.58 Å². The molecule has 0 spiro atoms. The van der Waals surface area contributed by atoms with Gasteiger partial charge in [0, 0.05) is 0 Å². The van der Waals surface area contributed by atoms with Crippen LogP contribution in [0.5, 0.6) is 0 Å². The van der Waals surface area contributed by atoms with Crippen LogP contribution in [-0.4, -0.2) is 12.8 Å². The Balaban J connectivity index is 3.17. The number of hydrogen-bond donors (Lipinski definition) is 0. The largest absolute Gasteiger partial charge is 0.417 e. The van der Waals surface area contributed by atoms with E-state index in [9.17, 15) is 13.2 Å². The maximum atomic E-state index is 11.2. The summed E-state index contributed by atoms with van der Waals surface area (Å²) >= 11 is 0. The fourth-order valence-corrected chi connectivity index (χ4v) is 0.211. The third kappa shape index (κ3) is 7.49. The molecule has 9 heavy (non-hydrogen) atoms. The van der Waals surface area contributed by atoms with Crippen LogP contribution in [0.4, 0.5) is 13.2 Å². The Morgan fingerprint density at radius 1 is 1.44 bits per heavy atom. The van der Waals surface area contributed by atoms with Gasteiger partial charge in [0.05, 0.1) is 6.61 Å². The highest BCUT2D eigenvalue weighted by Gasteiger charge is 2.27. The second-order valence-electron chi connectivity index (χ2n) is 1.28. The first-order chi connectivity index (χ1) is 4.06. The van der Waals surface area contributed by atoms with E-state index in [2.05, 4.69) is 11.3 Å². The van der Waals surface area contributed by atoms with Gasteiger partial charge in [0.25, 0.3) is 0 Å². The van der Waals surface area contributed by atoms with Crippen LogP contribution >= 0.6 is 0 Å². The van der Waals surface area contributed by atoms with Crippen molar-refractivity contribution in [3.63, 3.8) is 0 Å². The topological polar surface area (TPSA) is 9.23 Å².